The fourth-order valence-electron chi connectivity index (χ4n) is 2.04. The number of halogens is 3. The zero-order valence-corrected chi connectivity index (χ0v) is 11.7. The van der Waals surface area contributed by atoms with Crippen LogP contribution in [0.15, 0.2) is 18.2 Å². The van der Waals surface area contributed by atoms with Crippen LogP contribution in [0.1, 0.15) is 23.2 Å². The number of ether oxygens (including phenoxy) is 1. The molecule has 1 fully saturated rings. The number of carbonyl (C=O) groups excluding carboxylic acids is 1. The minimum Gasteiger partial charge on any atom is -0.381 e. The van der Waals surface area contributed by atoms with E-state index < -0.39 is 17.3 Å². The first-order valence-corrected chi connectivity index (χ1v) is 6.89. The zero-order chi connectivity index (χ0) is 13.9. The maximum Gasteiger partial charge on any atom is 0.253 e. The van der Waals surface area contributed by atoms with E-state index in [4.69, 9.17) is 27.9 Å². The first kappa shape index (κ1) is 14.6. The van der Waals surface area contributed by atoms with Crippen molar-refractivity contribution in [1.29, 1.82) is 0 Å². The molecule has 1 saturated heterocycles. The van der Waals surface area contributed by atoms with Gasteiger partial charge < -0.3 is 10.1 Å². The molecule has 0 bridgehead atoms. The quantitative estimate of drug-likeness (QED) is 0.872. The smallest absolute Gasteiger partial charge is 0.253 e. The topological polar surface area (TPSA) is 38.3 Å². The Balaban J connectivity index is 2.17. The number of alkyl halides is 1. The normalized spacial score (nSPS) is 18.1. The third-order valence-electron chi connectivity index (χ3n) is 3.28. The second kappa shape index (κ2) is 6.07. The first-order chi connectivity index (χ1) is 9.08. The largest absolute Gasteiger partial charge is 0.381 e. The molecule has 1 aliphatic rings. The standard InChI is InChI=1S/C13H14Cl2FNO2/c14-8-13(4-6-19-7-5-13)17-12(18)9-2-1-3-10(16)11(9)15/h1-3H,4-8H2,(H,17,18). The van der Waals surface area contributed by atoms with E-state index in [2.05, 4.69) is 5.32 Å². The highest BCUT2D eigenvalue weighted by atomic mass is 35.5. The first-order valence-electron chi connectivity index (χ1n) is 5.98. The number of hydrogen-bond acceptors (Lipinski definition) is 2. The van der Waals surface area contributed by atoms with Gasteiger partial charge in [0.05, 0.1) is 16.1 Å². The lowest BCUT2D eigenvalue weighted by molar-refractivity contribution is 0.0433. The number of carbonyl (C=O) groups is 1. The molecule has 0 aliphatic carbocycles. The molecule has 1 aromatic rings. The molecule has 0 radical (unpaired) electrons. The van der Waals surface area contributed by atoms with Crippen LogP contribution in [-0.4, -0.2) is 30.5 Å². The maximum atomic E-state index is 13.3. The van der Waals surface area contributed by atoms with Crippen LogP contribution in [0.4, 0.5) is 4.39 Å². The number of nitrogens with one attached hydrogen (secondary N) is 1. The predicted molar refractivity (Wildman–Crippen MR) is 72.4 cm³/mol. The van der Waals surface area contributed by atoms with Gasteiger partial charge in [0, 0.05) is 19.1 Å². The van der Waals surface area contributed by atoms with Crippen LogP contribution in [-0.2, 0) is 4.74 Å². The lowest BCUT2D eigenvalue weighted by Crippen LogP contribution is -2.53. The number of amides is 1. The van der Waals surface area contributed by atoms with Crippen molar-refractivity contribution in [1.82, 2.24) is 5.32 Å². The molecule has 3 nitrogen and oxygen atoms in total. The van der Waals surface area contributed by atoms with E-state index in [1.165, 1.54) is 18.2 Å². The maximum absolute atomic E-state index is 13.3. The molecule has 2 rings (SSSR count). The van der Waals surface area contributed by atoms with Crippen molar-refractivity contribution < 1.29 is 13.9 Å². The van der Waals surface area contributed by atoms with E-state index in [-0.39, 0.29) is 16.5 Å². The predicted octanol–water partition coefficient (Wildman–Crippen LogP) is 3.00. The van der Waals surface area contributed by atoms with Gasteiger partial charge in [0.1, 0.15) is 5.82 Å². The molecule has 0 unspecified atom stereocenters. The Kier molecular flexibility index (Phi) is 4.66. The van der Waals surface area contributed by atoms with E-state index in [1.807, 2.05) is 0 Å². The van der Waals surface area contributed by atoms with Gasteiger partial charge in [-0.3, -0.25) is 4.79 Å². The van der Waals surface area contributed by atoms with Crippen molar-refractivity contribution in [3.05, 3.63) is 34.6 Å². The molecule has 104 valence electrons. The molecule has 1 amide bonds. The van der Waals surface area contributed by atoms with Gasteiger partial charge in [-0.2, -0.15) is 0 Å². The second-order valence-electron chi connectivity index (χ2n) is 4.58. The van der Waals surface area contributed by atoms with Crippen molar-refractivity contribution in [2.75, 3.05) is 19.1 Å². The summed E-state index contributed by atoms with van der Waals surface area (Å²) in [4.78, 5) is 12.2. The lowest BCUT2D eigenvalue weighted by Gasteiger charge is -2.36. The fourth-order valence-corrected chi connectivity index (χ4v) is 2.59. The van der Waals surface area contributed by atoms with E-state index in [9.17, 15) is 9.18 Å². The van der Waals surface area contributed by atoms with Gasteiger partial charge >= 0.3 is 0 Å². The van der Waals surface area contributed by atoms with E-state index in [0.717, 1.165) is 0 Å². The van der Waals surface area contributed by atoms with Crippen molar-refractivity contribution >= 4 is 29.1 Å². The summed E-state index contributed by atoms with van der Waals surface area (Å²) in [5.41, 5.74) is -0.385. The molecule has 1 aliphatic heterocycles. The van der Waals surface area contributed by atoms with Gasteiger partial charge in [0.25, 0.3) is 5.91 Å². The Morgan fingerprint density at radius 2 is 2.11 bits per heavy atom. The van der Waals surface area contributed by atoms with Crippen LogP contribution in [0.2, 0.25) is 5.02 Å². The zero-order valence-electron chi connectivity index (χ0n) is 10.2. The van der Waals surface area contributed by atoms with Crippen LogP contribution in [0.3, 0.4) is 0 Å². The van der Waals surface area contributed by atoms with Gasteiger partial charge in [0.2, 0.25) is 0 Å². The Bertz CT molecular complexity index is 476. The minimum absolute atomic E-state index is 0.123. The molecule has 6 heteroatoms. The number of rotatable bonds is 3. The Hall–Kier alpha value is -0.840. The minimum atomic E-state index is -0.610. The van der Waals surface area contributed by atoms with Gasteiger partial charge in [-0.1, -0.05) is 17.7 Å². The van der Waals surface area contributed by atoms with Crippen molar-refractivity contribution in [2.45, 2.75) is 18.4 Å². The van der Waals surface area contributed by atoms with Crippen molar-refractivity contribution in [3.63, 3.8) is 0 Å². The molecule has 1 N–H and O–H groups in total. The Morgan fingerprint density at radius 1 is 1.42 bits per heavy atom. The van der Waals surface area contributed by atoms with Gasteiger partial charge in [-0.15, -0.1) is 11.6 Å². The van der Waals surface area contributed by atoms with Crippen molar-refractivity contribution in [3.8, 4) is 0 Å². The lowest BCUT2D eigenvalue weighted by atomic mass is 9.92. The summed E-state index contributed by atoms with van der Waals surface area (Å²) in [6.07, 6.45) is 1.27. The SMILES string of the molecule is O=C(NC1(CCl)CCOCC1)c1cccc(F)c1Cl. The van der Waals surface area contributed by atoms with E-state index in [0.29, 0.717) is 26.1 Å². The molecular formula is C13H14Cl2FNO2. The van der Waals surface area contributed by atoms with Crippen LogP contribution in [0, 0.1) is 5.82 Å². The van der Waals surface area contributed by atoms with Gasteiger partial charge in [0.15, 0.2) is 0 Å². The van der Waals surface area contributed by atoms with Crippen LogP contribution < -0.4 is 5.32 Å². The van der Waals surface area contributed by atoms with Gasteiger partial charge in [-0.25, -0.2) is 4.39 Å². The summed E-state index contributed by atoms with van der Waals surface area (Å²) in [6, 6.07) is 4.15. The molecule has 0 spiro atoms. The van der Waals surface area contributed by atoms with Crippen LogP contribution in [0.5, 0.6) is 0 Å². The number of hydrogen-bond donors (Lipinski definition) is 1. The summed E-state index contributed by atoms with van der Waals surface area (Å²) in [5, 5.41) is 2.69. The fraction of sp³-hybridized carbons (Fsp3) is 0.462. The highest BCUT2D eigenvalue weighted by molar-refractivity contribution is 6.34. The summed E-state index contributed by atoms with van der Waals surface area (Å²) in [5.74, 6) is -0.733. The summed E-state index contributed by atoms with van der Waals surface area (Å²) in [7, 11) is 0. The van der Waals surface area contributed by atoms with Crippen LogP contribution in [0.25, 0.3) is 0 Å². The monoisotopic (exact) mass is 305 g/mol. The second-order valence-corrected chi connectivity index (χ2v) is 5.23. The third-order valence-corrected chi connectivity index (χ3v) is 4.18. The molecular weight excluding hydrogens is 292 g/mol. The van der Waals surface area contributed by atoms with Crippen molar-refractivity contribution in [2.24, 2.45) is 0 Å². The van der Waals surface area contributed by atoms with E-state index in [1.54, 1.807) is 0 Å². The molecule has 1 heterocycles. The Labute approximate surface area is 121 Å². The molecule has 0 atom stereocenters. The molecule has 1 aromatic carbocycles. The van der Waals surface area contributed by atoms with E-state index >= 15 is 0 Å². The number of benzene rings is 1. The summed E-state index contributed by atoms with van der Waals surface area (Å²) in [6.45, 7) is 1.09. The van der Waals surface area contributed by atoms with Crippen LogP contribution >= 0.6 is 23.2 Å². The molecule has 19 heavy (non-hydrogen) atoms. The Morgan fingerprint density at radius 3 is 2.74 bits per heavy atom. The average Bonchev–Trinajstić information content (AvgIpc) is 2.42. The highest BCUT2D eigenvalue weighted by Crippen LogP contribution is 2.25. The average molecular weight is 306 g/mol. The highest BCUT2D eigenvalue weighted by Gasteiger charge is 2.34. The summed E-state index contributed by atoms with van der Waals surface area (Å²) < 4.78 is 18.6. The van der Waals surface area contributed by atoms with Gasteiger partial charge in [-0.05, 0) is 25.0 Å². The third kappa shape index (κ3) is 3.19. The molecule has 0 saturated carbocycles. The molecule has 0 aromatic heterocycles. The summed E-state index contributed by atoms with van der Waals surface area (Å²) >= 11 is 11.8.